The molecular formula is C20H19N5O2. The summed E-state index contributed by atoms with van der Waals surface area (Å²) in [6, 6.07) is 15.9. The van der Waals surface area contributed by atoms with Gasteiger partial charge in [0.15, 0.2) is 11.5 Å². The topological polar surface area (TPSA) is 64.8 Å². The van der Waals surface area contributed by atoms with Gasteiger partial charge in [0.2, 0.25) is 5.95 Å². The van der Waals surface area contributed by atoms with Gasteiger partial charge in [-0.2, -0.15) is 0 Å². The van der Waals surface area contributed by atoms with Crippen LogP contribution < -0.4 is 9.64 Å². The highest BCUT2D eigenvalue weighted by Crippen LogP contribution is 2.30. The Bertz CT molecular complexity index is 1120. The summed E-state index contributed by atoms with van der Waals surface area (Å²) < 4.78 is 12.9. The number of rotatable bonds is 3. The summed E-state index contributed by atoms with van der Waals surface area (Å²) in [5, 5.41) is 10.00. The van der Waals surface area contributed by atoms with Crippen LogP contribution in [0.1, 0.15) is 0 Å². The predicted octanol–water partition coefficient (Wildman–Crippen LogP) is 2.79. The molecule has 1 saturated heterocycles. The fourth-order valence-corrected chi connectivity index (χ4v) is 3.49. The lowest BCUT2D eigenvalue weighted by Crippen LogP contribution is -2.38. The van der Waals surface area contributed by atoms with E-state index in [1.54, 1.807) is 7.11 Å². The molecular weight excluding hydrogens is 342 g/mol. The molecule has 0 radical (unpaired) electrons. The van der Waals surface area contributed by atoms with Gasteiger partial charge in [0.05, 0.1) is 25.8 Å². The molecule has 7 heteroatoms. The maximum absolute atomic E-state index is 5.52. The highest BCUT2D eigenvalue weighted by molar-refractivity contribution is 5.93. The number of para-hydroxylation sites is 1. The minimum absolute atomic E-state index is 0.687. The zero-order valence-corrected chi connectivity index (χ0v) is 15.0. The van der Waals surface area contributed by atoms with Crippen LogP contribution in [0, 0.1) is 0 Å². The Labute approximate surface area is 156 Å². The van der Waals surface area contributed by atoms with E-state index in [2.05, 4.69) is 15.1 Å². The van der Waals surface area contributed by atoms with Gasteiger partial charge in [-0.15, -0.1) is 10.2 Å². The third kappa shape index (κ3) is 2.67. The first-order chi connectivity index (χ1) is 13.3. The molecule has 0 aliphatic carbocycles. The van der Waals surface area contributed by atoms with Crippen molar-refractivity contribution in [3.63, 3.8) is 0 Å². The molecule has 5 rings (SSSR count). The molecule has 27 heavy (non-hydrogen) atoms. The first-order valence-corrected chi connectivity index (χ1v) is 8.96. The Hall–Kier alpha value is -3.19. The molecule has 0 bridgehead atoms. The standard InChI is InChI=1S/C20H19N5O2/c1-26-15-6-4-5-14(13-15)18-22-23-19-16-7-2-3-8-17(16)21-20(25(18)19)24-9-11-27-12-10-24/h2-8,13H,9-12H2,1H3. The van der Waals surface area contributed by atoms with Crippen molar-refractivity contribution in [1.82, 2.24) is 19.6 Å². The van der Waals surface area contributed by atoms with E-state index in [9.17, 15) is 0 Å². The Morgan fingerprint density at radius 3 is 2.70 bits per heavy atom. The van der Waals surface area contributed by atoms with Crippen molar-refractivity contribution in [3.05, 3.63) is 48.5 Å². The Balaban J connectivity index is 1.80. The van der Waals surface area contributed by atoms with Gasteiger partial charge in [0, 0.05) is 24.0 Å². The van der Waals surface area contributed by atoms with Crippen LogP contribution in [-0.2, 0) is 4.74 Å². The smallest absolute Gasteiger partial charge is 0.213 e. The molecule has 0 amide bonds. The van der Waals surface area contributed by atoms with Crippen LogP contribution in [0.2, 0.25) is 0 Å². The van der Waals surface area contributed by atoms with Crippen LogP contribution in [0.4, 0.5) is 5.95 Å². The lowest BCUT2D eigenvalue weighted by molar-refractivity contribution is 0.122. The number of hydrogen-bond donors (Lipinski definition) is 0. The number of benzene rings is 2. The largest absolute Gasteiger partial charge is 0.497 e. The van der Waals surface area contributed by atoms with Gasteiger partial charge in [-0.25, -0.2) is 9.38 Å². The Kier molecular flexibility index (Phi) is 3.86. The van der Waals surface area contributed by atoms with Crippen molar-refractivity contribution in [1.29, 1.82) is 0 Å². The third-order valence-electron chi connectivity index (χ3n) is 4.85. The van der Waals surface area contributed by atoms with Crippen molar-refractivity contribution < 1.29 is 9.47 Å². The fourth-order valence-electron chi connectivity index (χ4n) is 3.49. The SMILES string of the molecule is COc1cccc(-c2nnc3c4ccccc4nc(N4CCOCC4)n23)c1. The highest BCUT2D eigenvalue weighted by Gasteiger charge is 2.22. The average Bonchev–Trinajstić information content (AvgIpc) is 3.19. The summed E-state index contributed by atoms with van der Waals surface area (Å²) in [7, 11) is 1.66. The molecule has 0 N–H and O–H groups in total. The number of aromatic nitrogens is 4. The molecule has 3 heterocycles. The van der Waals surface area contributed by atoms with Crippen molar-refractivity contribution in [2.24, 2.45) is 0 Å². The Morgan fingerprint density at radius 1 is 1.00 bits per heavy atom. The van der Waals surface area contributed by atoms with E-state index in [4.69, 9.17) is 14.5 Å². The van der Waals surface area contributed by atoms with Crippen LogP contribution in [0.15, 0.2) is 48.5 Å². The van der Waals surface area contributed by atoms with Gasteiger partial charge in [-0.1, -0.05) is 24.3 Å². The van der Waals surface area contributed by atoms with E-state index in [0.717, 1.165) is 52.7 Å². The predicted molar refractivity (Wildman–Crippen MR) is 103 cm³/mol. The number of morpholine rings is 1. The normalized spacial score (nSPS) is 14.8. The fraction of sp³-hybridized carbons (Fsp3) is 0.250. The number of ether oxygens (including phenoxy) is 2. The third-order valence-corrected chi connectivity index (χ3v) is 4.85. The number of anilines is 1. The second kappa shape index (κ2) is 6.51. The summed E-state index contributed by atoms with van der Waals surface area (Å²) in [5.74, 6) is 2.38. The van der Waals surface area contributed by atoms with Crippen LogP contribution in [-0.4, -0.2) is 53.0 Å². The van der Waals surface area contributed by atoms with E-state index >= 15 is 0 Å². The van der Waals surface area contributed by atoms with Crippen LogP contribution in [0.5, 0.6) is 5.75 Å². The molecule has 1 fully saturated rings. The van der Waals surface area contributed by atoms with Crippen molar-refractivity contribution in [2.45, 2.75) is 0 Å². The maximum atomic E-state index is 5.52. The molecule has 0 spiro atoms. The first-order valence-electron chi connectivity index (χ1n) is 8.96. The summed E-state index contributed by atoms with van der Waals surface area (Å²) in [6.45, 7) is 2.95. The quantitative estimate of drug-likeness (QED) is 0.559. The molecule has 1 aliphatic heterocycles. The summed E-state index contributed by atoms with van der Waals surface area (Å²) in [5.41, 5.74) is 2.66. The zero-order chi connectivity index (χ0) is 18.2. The number of nitrogens with zero attached hydrogens (tertiary/aromatic N) is 5. The van der Waals surface area contributed by atoms with Crippen molar-refractivity contribution in [3.8, 4) is 17.1 Å². The van der Waals surface area contributed by atoms with Crippen LogP contribution in [0.25, 0.3) is 27.9 Å². The lowest BCUT2D eigenvalue weighted by Gasteiger charge is -2.28. The minimum Gasteiger partial charge on any atom is -0.497 e. The average molecular weight is 361 g/mol. The van der Waals surface area contributed by atoms with Crippen molar-refractivity contribution in [2.75, 3.05) is 38.3 Å². The van der Waals surface area contributed by atoms with E-state index in [1.165, 1.54) is 0 Å². The minimum atomic E-state index is 0.687. The van der Waals surface area contributed by atoms with Gasteiger partial charge in [0.1, 0.15) is 5.75 Å². The molecule has 4 aromatic rings. The van der Waals surface area contributed by atoms with Gasteiger partial charge in [-0.05, 0) is 24.3 Å². The van der Waals surface area contributed by atoms with Crippen molar-refractivity contribution >= 4 is 22.5 Å². The van der Waals surface area contributed by atoms with Gasteiger partial charge < -0.3 is 14.4 Å². The van der Waals surface area contributed by atoms with Crippen LogP contribution >= 0.6 is 0 Å². The number of hydrogen-bond acceptors (Lipinski definition) is 6. The molecule has 0 unspecified atom stereocenters. The molecule has 136 valence electrons. The Morgan fingerprint density at radius 2 is 1.85 bits per heavy atom. The zero-order valence-electron chi connectivity index (χ0n) is 15.0. The maximum Gasteiger partial charge on any atom is 0.213 e. The monoisotopic (exact) mass is 361 g/mol. The molecule has 1 aliphatic rings. The van der Waals surface area contributed by atoms with Gasteiger partial charge in [0.25, 0.3) is 0 Å². The molecule has 2 aromatic heterocycles. The molecule has 0 atom stereocenters. The van der Waals surface area contributed by atoms with Gasteiger partial charge >= 0.3 is 0 Å². The number of fused-ring (bicyclic) bond motifs is 3. The number of methoxy groups -OCH3 is 1. The summed E-state index contributed by atoms with van der Waals surface area (Å²) in [4.78, 5) is 7.18. The second-order valence-corrected chi connectivity index (χ2v) is 6.44. The molecule has 0 saturated carbocycles. The van der Waals surface area contributed by atoms with Gasteiger partial charge in [-0.3, -0.25) is 0 Å². The summed E-state index contributed by atoms with van der Waals surface area (Å²) >= 11 is 0. The highest BCUT2D eigenvalue weighted by atomic mass is 16.5. The van der Waals surface area contributed by atoms with E-state index in [1.807, 2.05) is 52.9 Å². The molecule has 2 aromatic carbocycles. The van der Waals surface area contributed by atoms with E-state index < -0.39 is 0 Å². The summed E-state index contributed by atoms with van der Waals surface area (Å²) in [6.07, 6.45) is 0. The second-order valence-electron chi connectivity index (χ2n) is 6.44. The molecule has 7 nitrogen and oxygen atoms in total. The first kappa shape index (κ1) is 16.0. The van der Waals surface area contributed by atoms with E-state index in [0.29, 0.717) is 13.2 Å². The van der Waals surface area contributed by atoms with E-state index in [-0.39, 0.29) is 0 Å². The lowest BCUT2D eigenvalue weighted by atomic mass is 10.2. The van der Waals surface area contributed by atoms with Crippen LogP contribution in [0.3, 0.4) is 0 Å².